The number of para-hydroxylation sites is 2. The number of hydrogen-bond acceptors (Lipinski definition) is 10. The van der Waals surface area contributed by atoms with Crippen LogP contribution in [-0.2, 0) is 0 Å². The quantitative estimate of drug-likeness (QED) is 0.158. The zero-order valence-electron chi connectivity index (χ0n) is 47.5. The van der Waals surface area contributed by atoms with Crippen molar-refractivity contribution in [2.24, 2.45) is 0 Å². The molecule has 0 aliphatic carbocycles. The van der Waals surface area contributed by atoms with Crippen molar-refractivity contribution in [3.05, 3.63) is 255 Å². The van der Waals surface area contributed by atoms with Crippen molar-refractivity contribution in [1.29, 1.82) is 0 Å². The van der Waals surface area contributed by atoms with E-state index in [-0.39, 0.29) is 0 Å². The highest BCUT2D eigenvalue weighted by molar-refractivity contribution is 7.27. The van der Waals surface area contributed by atoms with Crippen LogP contribution in [-0.4, -0.2) is 39.0 Å². The maximum Gasteiger partial charge on any atom is 0.238 e. The third-order valence-corrected chi connectivity index (χ3v) is 22.4. The van der Waals surface area contributed by atoms with Crippen molar-refractivity contribution >= 4 is 170 Å². The summed E-state index contributed by atoms with van der Waals surface area (Å²) < 4.78 is 14.6. The van der Waals surface area contributed by atoms with Crippen LogP contribution in [0.1, 0.15) is 0 Å². The van der Waals surface area contributed by atoms with Crippen molar-refractivity contribution in [2.45, 2.75) is 0 Å². The van der Waals surface area contributed by atoms with Gasteiger partial charge in [0.1, 0.15) is 0 Å². The van der Waals surface area contributed by atoms with E-state index in [1.165, 1.54) is 80.7 Å². The number of fused-ring (bicyclic) bond motifs is 19. The fraction of sp³-hybridized carbons (Fsp3) is 0. The third kappa shape index (κ3) is 7.63. The molecule has 0 spiro atoms. The van der Waals surface area contributed by atoms with Crippen LogP contribution in [0, 0.1) is 0 Å². The van der Waals surface area contributed by atoms with E-state index >= 15 is 0 Å². The van der Waals surface area contributed by atoms with Gasteiger partial charge in [0, 0.05) is 136 Å². The van der Waals surface area contributed by atoms with E-state index in [0.717, 1.165) is 77.1 Å². The minimum Gasteiger partial charge on any atom is -0.307 e. The van der Waals surface area contributed by atoms with Crippen LogP contribution >= 0.6 is 45.3 Å². The molecule has 0 amide bonds. The molecule has 0 atom stereocenters. The molecule has 20 rings (SSSR count). The number of hydrogen-bond donors (Lipinski definition) is 0. The van der Waals surface area contributed by atoms with Gasteiger partial charge in [0.2, 0.25) is 5.95 Å². The molecule has 20 aromatic rings. The summed E-state index contributed by atoms with van der Waals surface area (Å²) in [7, 11) is 0. The highest BCUT2D eigenvalue weighted by Gasteiger charge is 2.25. The van der Waals surface area contributed by atoms with Crippen molar-refractivity contribution < 1.29 is 0 Å². The van der Waals surface area contributed by atoms with Gasteiger partial charge in [-0.1, -0.05) is 133 Å². The lowest BCUT2D eigenvalue weighted by atomic mass is 10.1. The Morgan fingerprint density at radius 2 is 0.522 bits per heavy atom. The molecule has 0 bridgehead atoms. The molecule has 0 fully saturated rings. The summed E-state index contributed by atoms with van der Waals surface area (Å²) in [5.41, 5.74) is 9.55. The lowest BCUT2D eigenvalue weighted by Gasteiger charge is -2.14. The average Bonchev–Trinajstić information content (AvgIpc) is 1.60. The van der Waals surface area contributed by atoms with Crippen LogP contribution in [0.2, 0.25) is 0 Å². The van der Waals surface area contributed by atoms with Gasteiger partial charge >= 0.3 is 0 Å². The molecule has 8 nitrogen and oxygen atoms in total. The Bertz CT molecular complexity index is 6190. The Hall–Kier alpha value is -10.9. The SMILES string of the molecule is c1cc(-c2nc(-c3ccc4sc5ccccc5c4c3)nc(-c3ccc4sc5ccccc5c4c3)n2)cc(-n2c3ccccc3c3ccc4c5ccccc5n(-c5nc(-c6ccc7sc8ccccc8c7c6)nc(-c6ccc7sc8ccccc8c7c6)n5)c4c32)c1. The zero-order valence-corrected chi connectivity index (χ0v) is 50.7. The first-order valence-corrected chi connectivity index (χ1v) is 33.1. The first-order valence-electron chi connectivity index (χ1n) is 29.8. The second-order valence-corrected chi connectivity index (χ2v) is 27.3. The van der Waals surface area contributed by atoms with E-state index in [9.17, 15) is 0 Å². The Balaban J connectivity index is 0.821. The minimum atomic E-state index is 0.525. The number of nitrogens with zero attached hydrogens (tertiary/aromatic N) is 8. The average molecular weight is 1220 g/mol. The Kier molecular flexibility index (Phi) is 10.8. The molecule has 8 aromatic heterocycles. The van der Waals surface area contributed by atoms with E-state index < -0.39 is 0 Å². The van der Waals surface area contributed by atoms with Gasteiger partial charge in [0.05, 0.1) is 22.1 Å². The first-order chi connectivity index (χ1) is 44.5. The summed E-state index contributed by atoms with van der Waals surface area (Å²) in [6, 6.07) is 91.6. The van der Waals surface area contributed by atoms with Crippen molar-refractivity contribution in [3.63, 3.8) is 0 Å². The highest BCUT2D eigenvalue weighted by Crippen LogP contribution is 2.45. The van der Waals surface area contributed by atoms with Gasteiger partial charge in [-0.05, 0) is 121 Å². The van der Waals surface area contributed by atoms with Gasteiger partial charge in [-0.15, -0.1) is 45.3 Å². The number of thiophene rings is 4. The normalized spacial score (nSPS) is 12.2. The largest absolute Gasteiger partial charge is 0.307 e. The Labute approximate surface area is 528 Å². The van der Waals surface area contributed by atoms with Crippen molar-refractivity contribution in [3.8, 4) is 68.6 Å². The Morgan fingerprint density at radius 3 is 0.922 bits per heavy atom. The molecule has 8 heterocycles. The van der Waals surface area contributed by atoms with E-state index in [1.54, 1.807) is 45.3 Å². The van der Waals surface area contributed by atoms with Gasteiger partial charge in [-0.2, -0.15) is 9.97 Å². The molecule has 90 heavy (non-hydrogen) atoms. The second kappa shape index (κ2) is 19.3. The molecule has 12 aromatic carbocycles. The first kappa shape index (κ1) is 50.2. The van der Waals surface area contributed by atoms with Gasteiger partial charge in [0.15, 0.2) is 29.1 Å². The predicted molar refractivity (Wildman–Crippen MR) is 381 cm³/mol. The molecule has 0 N–H and O–H groups in total. The fourth-order valence-electron chi connectivity index (χ4n) is 13.7. The second-order valence-electron chi connectivity index (χ2n) is 22.9. The summed E-state index contributed by atoms with van der Waals surface area (Å²) in [4.78, 5) is 32.8. The smallest absolute Gasteiger partial charge is 0.238 e. The highest BCUT2D eigenvalue weighted by atomic mass is 32.1. The predicted octanol–water partition coefficient (Wildman–Crippen LogP) is 22.1. The van der Waals surface area contributed by atoms with Gasteiger partial charge < -0.3 is 4.57 Å². The molecule has 0 aliphatic heterocycles. The number of aromatic nitrogens is 8. The van der Waals surface area contributed by atoms with Crippen molar-refractivity contribution in [2.75, 3.05) is 0 Å². The topological polar surface area (TPSA) is 87.2 Å². The summed E-state index contributed by atoms with van der Waals surface area (Å²) >= 11 is 7.23. The summed E-state index contributed by atoms with van der Waals surface area (Å²) in [6.45, 7) is 0. The molecule has 0 aliphatic rings. The Morgan fingerprint density at radius 1 is 0.211 bits per heavy atom. The van der Waals surface area contributed by atoms with Crippen LogP contribution in [0.5, 0.6) is 0 Å². The van der Waals surface area contributed by atoms with Crippen molar-refractivity contribution in [1.82, 2.24) is 39.0 Å². The van der Waals surface area contributed by atoms with Gasteiger partial charge in [-0.3, -0.25) is 4.57 Å². The molecule has 12 heteroatoms. The maximum absolute atomic E-state index is 5.60. The van der Waals surface area contributed by atoms with Gasteiger partial charge in [-0.25, -0.2) is 19.9 Å². The van der Waals surface area contributed by atoms with E-state index in [2.05, 4.69) is 264 Å². The standard InChI is InChI=1S/C78H42N8S4/c1-7-22-61-49(16-1)55-32-33-56-50-17-2-8-23-62(50)86(78-83-76(46-30-36-69-59(41-46)53-20-5-11-26-65(53)89-69)82-77(84-78)47-31-37-70-60(42-47)54-21-6-12-27-66(54)90-70)72(56)71(55)85(61)48-15-13-14-43(38-48)73-79-74(44-28-34-67-57(39-44)51-18-3-9-24-63(51)87-67)81-75(80-73)45-29-35-68-58(40-45)52-19-4-10-25-64(52)88-68/h1-42H. The maximum atomic E-state index is 5.60. The minimum absolute atomic E-state index is 0.525. The van der Waals surface area contributed by atoms with Crippen LogP contribution in [0.25, 0.3) is 193 Å². The van der Waals surface area contributed by atoms with E-state index in [1.807, 2.05) is 0 Å². The van der Waals surface area contributed by atoms with Gasteiger partial charge in [0.25, 0.3) is 0 Å². The van der Waals surface area contributed by atoms with Crippen LogP contribution in [0.3, 0.4) is 0 Å². The molecular weight excluding hydrogens is 1180 g/mol. The summed E-state index contributed by atoms with van der Waals surface area (Å²) in [5, 5.41) is 14.0. The molecular formula is C78H42N8S4. The lowest BCUT2D eigenvalue weighted by Crippen LogP contribution is -2.07. The van der Waals surface area contributed by atoms with Crippen LogP contribution < -0.4 is 0 Å². The third-order valence-electron chi connectivity index (χ3n) is 17.8. The monoisotopic (exact) mass is 1220 g/mol. The van der Waals surface area contributed by atoms with Crippen LogP contribution in [0.15, 0.2) is 255 Å². The summed E-state index contributed by atoms with van der Waals surface area (Å²) in [6.07, 6.45) is 0. The molecule has 0 radical (unpaired) electrons. The van der Waals surface area contributed by atoms with Crippen LogP contribution in [0.4, 0.5) is 0 Å². The zero-order chi connectivity index (χ0) is 58.7. The van der Waals surface area contributed by atoms with E-state index in [0.29, 0.717) is 35.1 Å². The molecule has 0 unspecified atom stereocenters. The lowest BCUT2D eigenvalue weighted by molar-refractivity contribution is 0.954. The molecule has 418 valence electrons. The number of rotatable bonds is 7. The summed E-state index contributed by atoms with van der Waals surface area (Å²) in [5.74, 6) is 3.51. The number of benzene rings is 12. The molecule has 0 saturated carbocycles. The van der Waals surface area contributed by atoms with E-state index in [4.69, 9.17) is 29.9 Å². The molecule has 0 saturated heterocycles. The fourth-order valence-corrected chi connectivity index (χ4v) is 18.1.